The van der Waals surface area contributed by atoms with Gasteiger partial charge in [0.05, 0.1) is 25.7 Å². The highest BCUT2D eigenvalue weighted by atomic mass is 127. The Kier molecular flexibility index (Phi) is 4.45. The predicted molar refractivity (Wildman–Crippen MR) is 58.0 cm³/mol. The molecule has 4 heteroatoms. The van der Waals surface area contributed by atoms with Crippen LogP contribution in [0.25, 0.3) is 0 Å². The number of rotatable bonds is 3. The van der Waals surface area contributed by atoms with Gasteiger partial charge in [0.1, 0.15) is 0 Å². The Balaban J connectivity index is 2.35. The van der Waals surface area contributed by atoms with Gasteiger partial charge in [-0.3, -0.25) is 4.79 Å². The van der Waals surface area contributed by atoms with Gasteiger partial charge in [-0.1, -0.05) is 29.5 Å². The van der Waals surface area contributed by atoms with Crippen LogP contribution in [0.2, 0.25) is 0 Å². The number of carbonyl (C=O) groups excluding carboxylic acids is 1. The van der Waals surface area contributed by atoms with E-state index in [-0.39, 0.29) is 12.1 Å². The number of alkyl halides is 1. The molecule has 0 aromatic carbocycles. The third-order valence-corrected chi connectivity index (χ3v) is 3.59. The highest BCUT2D eigenvalue weighted by Gasteiger charge is 2.33. The number of ether oxygens (including phenoxy) is 2. The summed E-state index contributed by atoms with van der Waals surface area (Å²) >= 11 is 2.39. The van der Waals surface area contributed by atoms with Crippen LogP contribution in [0.15, 0.2) is 0 Å². The van der Waals surface area contributed by atoms with Crippen molar-refractivity contribution in [2.75, 3.05) is 7.11 Å². The van der Waals surface area contributed by atoms with E-state index in [0.717, 1.165) is 12.8 Å². The van der Waals surface area contributed by atoms with E-state index >= 15 is 0 Å². The maximum Gasteiger partial charge on any atom is 0.308 e. The molecule has 0 aromatic heterocycles. The van der Waals surface area contributed by atoms with Crippen LogP contribution in [0, 0.1) is 0 Å². The fourth-order valence-corrected chi connectivity index (χ4v) is 2.79. The second-order valence-corrected chi connectivity index (χ2v) is 4.84. The minimum absolute atomic E-state index is 0.0688. The van der Waals surface area contributed by atoms with Crippen molar-refractivity contribution in [2.24, 2.45) is 0 Å². The lowest BCUT2D eigenvalue weighted by atomic mass is 10.1. The molecule has 1 aliphatic heterocycles. The van der Waals surface area contributed by atoms with Gasteiger partial charge in [0.15, 0.2) is 0 Å². The predicted octanol–water partition coefficient (Wildman–Crippen LogP) is 1.92. The van der Waals surface area contributed by atoms with Gasteiger partial charge in [-0.25, -0.2) is 0 Å². The number of hydrogen-bond acceptors (Lipinski definition) is 3. The lowest BCUT2D eigenvalue weighted by molar-refractivity contribution is -0.143. The van der Waals surface area contributed by atoms with Gasteiger partial charge < -0.3 is 9.47 Å². The van der Waals surface area contributed by atoms with Crippen LogP contribution in [0.4, 0.5) is 0 Å². The Bertz CT molecular complexity index is 184. The Morgan fingerprint density at radius 2 is 2.38 bits per heavy atom. The minimum Gasteiger partial charge on any atom is -0.469 e. The molecular weight excluding hydrogens is 283 g/mol. The summed E-state index contributed by atoms with van der Waals surface area (Å²) in [4.78, 5) is 11.0. The molecule has 0 radical (unpaired) electrons. The molecule has 3 atom stereocenters. The highest BCUT2D eigenvalue weighted by Crippen LogP contribution is 2.30. The van der Waals surface area contributed by atoms with Crippen molar-refractivity contribution in [1.82, 2.24) is 0 Å². The van der Waals surface area contributed by atoms with Gasteiger partial charge in [0, 0.05) is 3.92 Å². The second-order valence-electron chi connectivity index (χ2n) is 3.24. The van der Waals surface area contributed by atoms with Crippen LogP contribution in [-0.4, -0.2) is 29.2 Å². The SMILES string of the molecule is CC[C@@H]1O[C@@H](CC(=O)OC)C[C@H]1I. The third kappa shape index (κ3) is 3.09. The molecule has 0 saturated carbocycles. The standard InChI is InChI=1S/C9H15IO3/c1-3-8-7(10)4-6(13-8)5-9(11)12-2/h6-8H,3-5H2,1-2H3/t6-,7-,8+/m1/s1. The van der Waals surface area contributed by atoms with Crippen molar-refractivity contribution in [3.8, 4) is 0 Å². The zero-order valence-electron chi connectivity index (χ0n) is 7.96. The second kappa shape index (κ2) is 5.14. The van der Waals surface area contributed by atoms with Crippen molar-refractivity contribution in [3.63, 3.8) is 0 Å². The molecule has 1 fully saturated rings. The lowest BCUT2D eigenvalue weighted by Gasteiger charge is -2.11. The Morgan fingerprint density at radius 1 is 1.69 bits per heavy atom. The molecular formula is C9H15IO3. The Hall–Kier alpha value is 0.160. The van der Waals surface area contributed by atoms with Crippen LogP contribution >= 0.6 is 22.6 Å². The summed E-state index contributed by atoms with van der Waals surface area (Å²) in [5.74, 6) is -0.176. The monoisotopic (exact) mass is 298 g/mol. The number of methoxy groups -OCH3 is 1. The summed E-state index contributed by atoms with van der Waals surface area (Å²) in [5.41, 5.74) is 0. The molecule has 0 bridgehead atoms. The maximum absolute atomic E-state index is 11.0. The summed E-state index contributed by atoms with van der Waals surface area (Å²) in [6.45, 7) is 2.11. The third-order valence-electron chi connectivity index (χ3n) is 2.28. The van der Waals surface area contributed by atoms with Gasteiger partial charge in [0.25, 0.3) is 0 Å². The molecule has 0 aliphatic carbocycles. The van der Waals surface area contributed by atoms with E-state index in [1.165, 1.54) is 7.11 Å². The molecule has 76 valence electrons. The van der Waals surface area contributed by atoms with Crippen LogP contribution in [-0.2, 0) is 14.3 Å². The summed E-state index contributed by atoms with van der Waals surface area (Å²) < 4.78 is 10.8. The van der Waals surface area contributed by atoms with E-state index in [4.69, 9.17) is 4.74 Å². The van der Waals surface area contributed by atoms with Crippen molar-refractivity contribution < 1.29 is 14.3 Å². The van der Waals surface area contributed by atoms with E-state index in [0.29, 0.717) is 16.4 Å². The normalized spacial score (nSPS) is 33.3. The average Bonchev–Trinajstić information content (AvgIpc) is 2.46. The first-order chi connectivity index (χ1) is 6.17. The van der Waals surface area contributed by atoms with Crippen molar-refractivity contribution in [2.45, 2.75) is 42.3 Å². The van der Waals surface area contributed by atoms with Crippen molar-refractivity contribution >= 4 is 28.6 Å². The lowest BCUT2D eigenvalue weighted by Crippen LogP contribution is -2.16. The first-order valence-corrected chi connectivity index (χ1v) is 5.78. The van der Waals surface area contributed by atoms with Gasteiger partial charge in [0.2, 0.25) is 0 Å². The Morgan fingerprint density at radius 3 is 2.85 bits per heavy atom. The van der Waals surface area contributed by atoms with Gasteiger partial charge in [-0.15, -0.1) is 0 Å². The topological polar surface area (TPSA) is 35.5 Å². The number of hydrogen-bond donors (Lipinski definition) is 0. The van der Waals surface area contributed by atoms with Crippen LogP contribution < -0.4 is 0 Å². The number of esters is 1. The zero-order chi connectivity index (χ0) is 9.84. The number of halogens is 1. The highest BCUT2D eigenvalue weighted by molar-refractivity contribution is 14.1. The van der Waals surface area contributed by atoms with E-state index in [9.17, 15) is 4.79 Å². The molecule has 1 aliphatic rings. The maximum atomic E-state index is 11.0. The molecule has 0 amide bonds. The molecule has 0 N–H and O–H groups in total. The van der Waals surface area contributed by atoms with Crippen molar-refractivity contribution in [3.05, 3.63) is 0 Å². The fourth-order valence-electron chi connectivity index (χ4n) is 1.54. The summed E-state index contributed by atoms with van der Waals surface area (Å²) in [7, 11) is 1.41. The summed E-state index contributed by atoms with van der Waals surface area (Å²) in [6.07, 6.45) is 2.76. The quantitative estimate of drug-likeness (QED) is 0.454. The average molecular weight is 298 g/mol. The van der Waals surface area contributed by atoms with Gasteiger partial charge >= 0.3 is 5.97 Å². The molecule has 1 rings (SSSR count). The van der Waals surface area contributed by atoms with Gasteiger partial charge in [-0.05, 0) is 12.8 Å². The molecule has 1 heterocycles. The largest absolute Gasteiger partial charge is 0.469 e. The molecule has 0 unspecified atom stereocenters. The Labute approximate surface area is 92.3 Å². The van der Waals surface area contributed by atoms with E-state index in [1.54, 1.807) is 0 Å². The fraction of sp³-hybridized carbons (Fsp3) is 0.889. The van der Waals surface area contributed by atoms with Crippen LogP contribution in [0.1, 0.15) is 26.2 Å². The minimum atomic E-state index is -0.176. The number of carbonyl (C=O) groups is 1. The van der Waals surface area contributed by atoms with Crippen LogP contribution in [0.3, 0.4) is 0 Å². The van der Waals surface area contributed by atoms with Gasteiger partial charge in [-0.2, -0.15) is 0 Å². The van der Waals surface area contributed by atoms with Crippen molar-refractivity contribution in [1.29, 1.82) is 0 Å². The molecule has 0 spiro atoms. The van der Waals surface area contributed by atoms with Crippen LogP contribution in [0.5, 0.6) is 0 Å². The van der Waals surface area contributed by atoms with E-state index < -0.39 is 0 Å². The first kappa shape index (κ1) is 11.2. The summed E-state index contributed by atoms with van der Waals surface area (Å²) in [5, 5.41) is 0. The molecule has 1 saturated heterocycles. The summed E-state index contributed by atoms with van der Waals surface area (Å²) in [6, 6.07) is 0. The molecule has 0 aromatic rings. The molecule has 3 nitrogen and oxygen atoms in total. The molecule has 13 heavy (non-hydrogen) atoms. The first-order valence-electron chi connectivity index (χ1n) is 4.53. The zero-order valence-corrected chi connectivity index (χ0v) is 10.1. The van der Waals surface area contributed by atoms with E-state index in [1.807, 2.05) is 0 Å². The smallest absolute Gasteiger partial charge is 0.308 e. The van der Waals surface area contributed by atoms with E-state index in [2.05, 4.69) is 34.3 Å².